The van der Waals surface area contributed by atoms with Gasteiger partial charge in [-0.1, -0.05) is 0 Å². The number of hydrogen-bond acceptors (Lipinski definition) is 4. The largest absolute Gasteiger partial charge is 0.573 e. The number of fused-ring (bicyclic) bond motifs is 1. The van der Waals surface area contributed by atoms with Crippen molar-refractivity contribution in [3.63, 3.8) is 0 Å². The number of thiazole rings is 1. The molecule has 0 radical (unpaired) electrons. The van der Waals surface area contributed by atoms with E-state index >= 15 is 0 Å². The van der Waals surface area contributed by atoms with E-state index in [0.717, 1.165) is 17.7 Å². The van der Waals surface area contributed by atoms with E-state index in [-0.39, 0.29) is 11.5 Å². The molecule has 0 fully saturated rings. The van der Waals surface area contributed by atoms with Crippen LogP contribution in [0.1, 0.15) is 28.2 Å². The molecule has 1 aromatic heterocycles. The highest BCUT2D eigenvalue weighted by molar-refractivity contribution is 7.15. The van der Waals surface area contributed by atoms with Crippen molar-refractivity contribution in [2.45, 2.75) is 25.6 Å². The molecule has 1 aliphatic rings. The van der Waals surface area contributed by atoms with Gasteiger partial charge in [0, 0.05) is 16.9 Å². The van der Waals surface area contributed by atoms with E-state index in [9.17, 15) is 18.0 Å². The minimum absolute atomic E-state index is 0.0378. The third-order valence-corrected chi connectivity index (χ3v) is 4.27. The number of ketones is 1. The Morgan fingerprint density at radius 3 is 2.48 bits per heavy atom. The third-order valence-electron chi connectivity index (χ3n) is 3.10. The van der Waals surface area contributed by atoms with Crippen molar-refractivity contribution in [3.05, 3.63) is 34.8 Å². The Labute approximate surface area is 122 Å². The van der Waals surface area contributed by atoms with Gasteiger partial charge < -0.3 is 4.74 Å². The topological polar surface area (TPSA) is 39.2 Å². The van der Waals surface area contributed by atoms with Crippen LogP contribution in [-0.2, 0) is 6.42 Å². The van der Waals surface area contributed by atoms with E-state index in [2.05, 4.69) is 9.72 Å². The number of nitrogens with zero attached hydrogens (tertiary/aromatic N) is 1. The molecular weight excluding hydrogens is 303 g/mol. The van der Waals surface area contributed by atoms with Gasteiger partial charge in [-0.2, -0.15) is 0 Å². The van der Waals surface area contributed by atoms with Gasteiger partial charge in [0.25, 0.3) is 0 Å². The molecular formula is C14H10F3NO2S. The molecule has 0 saturated heterocycles. The maximum absolute atomic E-state index is 12.1. The summed E-state index contributed by atoms with van der Waals surface area (Å²) < 4.78 is 40.1. The lowest BCUT2D eigenvalue weighted by Crippen LogP contribution is -2.16. The van der Waals surface area contributed by atoms with Crippen LogP contribution in [0.15, 0.2) is 24.3 Å². The molecule has 2 aromatic rings. The maximum atomic E-state index is 12.1. The second-order valence-electron chi connectivity index (χ2n) is 4.64. The minimum Gasteiger partial charge on any atom is -0.406 e. The summed E-state index contributed by atoms with van der Waals surface area (Å²) in [5, 5.41) is 0.647. The van der Waals surface area contributed by atoms with Gasteiger partial charge in [-0.05, 0) is 37.1 Å². The van der Waals surface area contributed by atoms with Crippen LogP contribution in [0, 0.1) is 0 Å². The van der Waals surface area contributed by atoms with Crippen LogP contribution >= 0.6 is 11.3 Å². The Balaban J connectivity index is 1.86. The van der Waals surface area contributed by atoms with Crippen molar-refractivity contribution < 1.29 is 22.7 Å². The van der Waals surface area contributed by atoms with Gasteiger partial charge in [0.05, 0.1) is 0 Å². The molecule has 7 heteroatoms. The predicted molar refractivity (Wildman–Crippen MR) is 71.5 cm³/mol. The fourth-order valence-corrected chi connectivity index (χ4v) is 3.32. The molecule has 1 aromatic carbocycles. The average Bonchev–Trinajstić information content (AvgIpc) is 2.83. The average molecular weight is 313 g/mol. The number of aryl methyl sites for hydroxylation is 1. The monoisotopic (exact) mass is 313 g/mol. The zero-order chi connectivity index (χ0) is 15.0. The van der Waals surface area contributed by atoms with Gasteiger partial charge in [-0.25, -0.2) is 4.98 Å². The molecule has 3 nitrogen and oxygen atoms in total. The zero-order valence-corrected chi connectivity index (χ0v) is 11.6. The first-order chi connectivity index (χ1) is 9.92. The van der Waals surface area contributed by atoms with E-state index in [4.69, 9.17) is 0 Å². The van der Waals surface area contributed by atoms with Crippen molar-refractivity contribution in [2.75, 3.05) is 0 Å². The Morgan fingerprint density at radius 2 is 1.86 bits per heavy atom. The number of alkyl halides is 3. The van der Waals surface area contributed by atoms with Crippen LogP contribution in [0.3, 0.4) is 0 Å². The Kier molecular flexibility index (Phi) is 3.44. The van der Waals surface area contributed by atoms with E-state index in [0.29, 0.717) is 22.7 Å². The summed E-state index contributed by atoms with van der Waals surface area (Å²) in [6.07, 6.45) is -2.54. The number of carbonyl (C=O) groups excluding carboxylic acids is 1. The summed E-state index contributed by atoms with van der Waals surface area (Å²) >= 11 is 1.42. The second kappa shape index (κ2) is 5.14. The van der Waals surface area contributed by atoms with Gasteiger partial charge in [0.2, 0.25) is 0 Å². The first-order valence-corrected chi connectivity index (χ1v) is 7.13. The van der Waals surface area contributed by atoms with Crippen molar-refractivity contribution in [1.29, 1.82) is 0 Å². The normalized spacial score (nSPS) is 14.9. The van der Waals surface area contributed by atoms with E-state index in [1.807, 2.05) is 0 Å². The Hall–Kier alpha value is -1.89. The van der Waals surface area contributed by atoms with Crippen LogP contribution in [0.5, 0.6) is 5.75 Å². The van der Waals surface area contributed by atoms with E-state index in [1.165, 1.54) is 35.6 Å². The van der Waals surface area contributed by atoms with Gasteiger partial charge in [-0.3, -0.25) is 4.79 Å². The lowest BCUT2D eigenvalue weighted by Gasteiger charge is -2.08. The lowest BCUT2D eigenvalue weighted by atomic mass is 10.0. The fourth-order valence-electron chi connectivity index (χ4n) is 2.19. The Morgan fingerprint density at radius 1 is 1.14 bits per heavy atom. The summed E-state index contributed by atoms with van der Waals surface area (Å²) in [6.45, 7) is 0. The smallest absolute Gasteiger partial charge is 0.406 e. The first kappa shape index (κ1) is 14.1. The molecule has 3 rings (SSSR count). The molecule has 0 N–H and O–H groups in total. The molecule has 0 unspecified atom stereocenters. The summed E-state index contributed by atoms with van der Waals surface area (Å²) in [6, 6.07) is 5.50. The maximum Gasteiger partial charge on any atom is 0.573 e. The number of ether oxygens (including phenoxy) is 1. The van der Waals surface area contributed by atoms with Crippen LogP contribution in [-0.4, -0.2) is 17.1 Å². The molecule has 0 atom stereocenters. The number of carbonyl (C=O) groups is 1. The van der Waals surface area contributed by atoms with Crippen LogP contribution in [0.25, 0.3) is 10.6 Å². The van der Waals surface area contributed by atoms with Crippen molar-refractivity contribution >= 4 is 17.1 Å². The molecule has 21 heavy (non-hydrogen) atoms. The SMILES string of the molecule is O=C1CCCc2sc(-c3ccc(OC(F)(F)F)cc3)nc21. The number of hydrogen-bond donors (Lipinski definition) is 0. The van der Waals surface area contributed by atoms with Crippen LogP contribution in [0.2, 0.25) is 0 Å². The number of halogens is 3. The highest BCUT2D eigenvalue weighted by Gasteiger charge is 2.31. The van der Waals surface area contributed by atoms with Gasteiger partial charge >= 0.3 is 6.36 Å². The molecule has 0 bridgehead atoms. The van der Waals surface area contributed by atoms with Crippen LogP contribution in [0.4, 0.5) is 13.2 Å². The molecule has 1 aliphatic carbocycles. The molecule has 1 heterocycles. The summed E-state index contributed by atoms with van der Waals surface area (Å²) in [5.41, 5.74) is 1.19. The molecule has 110 valence electrons. The van der Waals surface area contributed by atoms with Crippen molar-refractivity contribution in [2.24, 2.45) is 0 Å². The van der Waals surface area contributed by atoms with Crippen LogP contribution < -0.4 is 4.74 Å². The number of rotatable bonds is 2. The predicted octanol–water partition coefficient (Wildman–Crippen LogP) is 4.23. The molecule has 0 spiro atoms. The summed E-state index contributed by atoms with van der Waals surface area (Å²) in [7, 11) is 0. The van der Waals surface area contributed by atoms with Crippen molar-refractivity contribution in [3.8, 4) is 16.3 Å². The number of benzene rings is 1. The highest BCUT2D eigenvalue weighted by Crippen LogP contribution is 2.33. The molecule has 0 aliphatic heterocycles. The first-order valence-electron chi connectivity index (χ1n) is 6.31. The van der Waals surface area contributed by atoms with Gasteiger partial charge in [0.15, 0.2) is 5.78 Å². The Bertz CT molecular complexity index is 677. The number of aromatic nitrogens is 1. The van der Waals surface area contributed by atoms with Gasteiger partial charge in [-0.15, -0.1) is 24.5 Å². The summed E-state index contributed by atoms with van der Waals surface area (Å²) in [4.78, 5) is 17.0. The van der Waals surface area contributed by atoms with Gasteiger partial charge in [0.1, 0.15) is 16.5 Å². The molecule has 0 amide bonds. The van der Waals surface area contributed by atoms with E-state index < -0.39 is 6.36 Å². The summed E-state index contributed by atoms with van der Waals surface area (Å²) in [5.74, 6) is -0.237. The highest BCUT2D eigenvalue weighted by atomic mass is 32.1. The second-order valence-corrected chi connectivity index (χ2v) is 5.72. The zero-order valence-electron chi connectivity index (χ0n) is 10.7. The fraction of sp³-hybridized carbons (Fsp3) is 0.286. The van der Waals surface area contributed by atoms with Crippen molar-refractivity contribution in [1.82, 2.24) is 4.98 Å². The number of Topliss-reactive ketones (excluding diaryl/α,β-unsaturated/α-hetero) is 1. The standard InChI is InChI=1S/C14H10F3NO2S/c15-14(16,17)20-9-6-4-8(5-7-9)13-18-12-10(19)2-1-3-11(12)21-13/h4-7H,1-3H2. The minimum atomic E-state index is -4.70. The quantitative estimate of drug-likeness (QED) is 0.833. The lowest BCUT2D eigenvalue weighted by molar-refractivity contribution is -0.274. The third kappa shape index (κ3) is 3.07. The van der Waals surface area contributed by atoms with E-state index in [1.54, 1.807) is 0 Å². The molecule has 0 saturated carbocycles.